The van der Waals surface area contributed by atoms with Gasteiger partial charge in [-0.2, -0.15) is 4.31 Å². The number of nitrogens with zero attached hydrogens (tertiary/aromatic N) is 5. The number of piperazine rings is 1. The predicted octanol–water partition coefficient (Wildman–Crippen LogP) is 2.86. The molecule has 3 fully saturated rings. The van der Waals surface area contributed by atoms with Gasteiger partial charge in [-0.1, -0.05) is 11.6 Å². The van der Waals surface area contributed by atoms with Gasteiger partial charge in [0.2, 0.25) is 21.8 Å². The molecule has 2 aliphatic heterocycles. The number of amides is 2. The van der Waals surface area contributed by atoms with Crippen molar-refractivity contribution in [2.45, 2.75) is 80.7 Å². The van der Waals surface area contributed by atoms with Gasteiger partial charge in [0.25, 0.3) is 5.92 Å². The molecule has 3 heterocycles. The number of nitrogens with two attached hydrogens (primary N) is 3. The fourth-order valence-electron chi connectivity index (χ4n) is 7.49. The van der Waals surface area contributed by atoms with Crippen LogP contribution in [0.2, 0.25) is 5.15 Å². The second kappa shape index (κ2) is 18.6. The van der Waals surface area contributed by atoms with Crippen molar-refractivity contribution in [2.24, 2.45) is 23.1 Å². The van der Waals surface area contributed by atoms with Gasteiger partial charge in [0.05, 0.1) is 4.90 Å². The van der Waals surface area contributed by atoms with Crippen molar-refractivity contribution < 1.29 is 26.8 Å². The number of rotatable bonds is 17. The number of sulfonamides is 1. The zero-order valence-corrected chi connectivity index (χ0v) is 31.8. The molecule has 5 rings (SSSR count). The molecule has 0 unspecified atom stereocenters. The Morgan fingerprint density at radius 1 is 0.962 bits per heavy atom. The smallest absolute Gasteiger partial charge is 0.276 e. The fourth-order valence-corrected chi connectivity index (χ4v) is 9.12. The van der Waals surface area contributed by atoms with Gasteiger partial charge < -0.3 is 37.2 Å². The molecule has 0 spiro atoms. The lowest BCUT2D eigenvalue weighted by atomic mass is 9.80. The lowest BCUT2D eigenvalue weighted by molar-refractivity contribution is -0.122. The summed E-state index contributed by atoms with van der Waals surface area (Å²) in [6.07, 6.45) is 4.53. The summed E-state index contributed by atoms with van der Waals surface area (Å²) >= 11 is 6.29. The van der Waals surface area contributed by atoms with E-state index >= 15 is 8.78 Å². The van der Waals surface area contributed by atoms with Crippen LogP contribution in [0.4, 0.5) is 20.3 Å². The minimum atomic E-state index is -3.84. The number of nitrogens with one attached hydrogen (secondary N) is 1. The van der Waals surface area contributed by atoms with Crippen LogP contribution >= 0.6 is 11.6 Å². The lowest BCUT2D eigenvalue weighted by Gasteiger charge is -2.36. The minimum absolute atomic E-state index is 0.0599. The molecule has 2 saturated heterocycles. The first-order chi connectivity index (χ1) is 25.3. The first-order valence-electron chi connectivity index (χ1n) is 18.7. The Morgan fingerprint density at radius 2 is 1.58 bits per heavy atom. The van der Waals surface area contributed by atoms with Crippen molar-refractivity contribution in [3.8, 4) is 0 Å². The maximum atomic E-state index is 16.0. The number of hydrogen-bond donors (Lipinski definition) is 4. The molecule has 1 saturated carbocycles. The van der Waals surface area contributed by atoms with Crippen molar-refractivity contribution in [1.29, 1.82) is 0 Å². The number of alkyl halides is 2. The molecule has 294 valence electrons. The standard InChI is InChI=1S/C36H54ClF2N9O4S/c37-32-22-27(36(38,39)26-5-7-29(8-6-26)43-34(49)4-1-15-45(16-2-13-40)17-3-14-41)23-33(44-32)46-18-20-47(21-19-46)53(51,52)31-11-9-30(10-12-31)48-25-28(42)24-35(48)50/h9-12,22-23,26,28-29H,1-8,13-21,24-25,40-42H2,(H,43,49)/t26?,28-,29?/m1/s1. The van der Waals surface area contributed by atoms with Crippen LogP contribution in [0, 0.1) is 5.92 Å². The van der Waals surface area contributed by atoms with Gasteiger partial charge in [0.15, 0.2) is 0 Å². The van der Waals surface area contributed by atoms with E-state index in [9.17, 15) is 18.0 Å². The summed E-state index contributed by atoms with van der Waals surface area (Å²) in [6.45, 7) is 4.86. The number of carbonyl (C=O) groups excluding carboxylic acids is 2. The monoisotopic (exact) mass is 781 g/mol. The van der Waals surface area contributed by atoms with E-state index in [4.69, 9.17) is 28.8 Å². The lowest BCUT2D eigenvalue weighted by Crippen LogP contribution is -2.49. The van der Waals surface area contributed by atoms with Gasteiger partial charge in [0, 0.05) is 74.8 Å². The van der Waals surface area contributed by atoms with Gasteiger partial charge in [-0.3, -0.25) is 9.59 Å². The molecule has 1 aromatic heterocycles. The summed E-state index contributed by atoms with van der Waals surface area (Å²) in [4.78, 5) is 34.9. The third-order valence-electron chi connectivity index (χ3n) is 10.5. The molecule has 1 atom stereocenters. The Bertz CT molecular complexity index is 1630. The molecule has 1 aliphatic carbocycles. The van der Waals surface area contributed by atoms with Crippen molar-refractivity contribution >= 4 is 44.9 Å². The highest BCUT2D eigenvalue weighted by molar-refractivity contribution is 7.89. The molecule has 53 heavy (non-hydrogen) atoms. The SMILES string of the molecule is NCCCN(CCCN)CCCC(=O)NC1CCC(C(F)(F)c2cc(Cl)nc(N3CCN(S(=O)(=O)c4ccc(N5C[C@H](N)CC5=O)cc4)CC3)c2)CC1. The van der Waals surface area contributed by atoms with Crippen molar-refractivity contribution in [3.63, 3.8) is 0 Å². The van der Waals surface area contributed by atoms with E-state index in [1.807, 2.05) is 0 Å². The van der Waals surface area contributed by atoms with E-state index in [1.165, 1.54) is 28.6 Å². The first kappa shape index (κ1) is 41.2. The third kappa shape index (κ3) is 10.6. The summed E-state index contributed by atoms with van der Waals surface area (Å²) in [5, 5.41) is 2.99. The third-order valence-corrected chi connectivity index (χ3v) is 12.6. The molecule has 3 aliphatic rings. The number of aromatic nitrogens is 1. The Balaban J connectivity index is 1.11. The molecule has 17 heteroatoms. The van der Waals surface area contributed by atoms with Gasteiger partial charge in [-0.25, -0.2) is 22.2 Å². The number of carbonyl (C=O) groups is 2. The average Bonchev–Trinajstić information content (AvgIpc) is 3.49. The number of halogens is 3. The van der Waals surface area contributed by atoms with E-state index in [0.717, 1.165) is 32.5 Å². The van der Waals surface area contributed by atoms with Crippen LogP contribution in [0.5, 0.6) is 0 Å². The minimum Gasteiger partial charge on any atom is -0.354 e. The highest BCUT2D eigenvalue weighted by Gasteiger charge is 2.44. The zero-order chi connectivity index (χ0) is 38.2. The molecule has 13 nitrogen and oxygen atoms in total. The number of pyridine rings is 1. The molecule has 0 radical (unpaired) electrons. The fraction of sp³-hybridized carbons (Fsp3) is 0.639. The van der Waals surface area contributed by atoms with E-state index in [1.54, 1.807) is 21.9 Å². The molecule has 2 aromatic rings. The summed E-state index contributed by atoms with van der Waals surface area (Å²) in [5.41, 5.74) is 17.6. The number of hydrogen-bond acceptors (Lipinski definition) is 10. The molecule has 0 bridgehead atoms. The van der Waals surface area contributed by atoms with Gasteiger partial charge in [-0.05, 0) is 114 Å². The van der Waals surface area contributed by atoms with E-state index in [0.29, 0.717) is 51.0 Å². The number of anilines is 2. The summed E-state index contributed by atoms with van der Waals surface area (Å²) in [7, 11) is -3.84. The van der Waals surface area contributed by atoms with E-state index in [-0.39, 0.29) is 90.8 Å². The largest absolute Gasteiger partial charge is 0.354 e. The van der Waals surface area contributed by atoms with Crippen LogP contribution in [0.1, 0.15) is 63.4 Å². The van der Waals surface area contributed by atoms with Crippen molar-refractivity contribution in [1.82, 2.24) is 19.5 Å². The van der Waals surface area contributed by atoms with Crippen LogP contribution in [0.3, 0.4) is 0 Å². The second-order valence-electron chi connectivity index (χ2n) is 14.4. The summed E-state index contributed by atoms with van der Waals surface area (Å²) < 4.78 is 60.3. The maximum absolute atomic E-state index is 16.0. The Labute approximate surface area is 316 Å². The van der Waals surface area contributed by atoms with Crippen molar-refractivity contribution in [2.75, 3.05) is 75.2 Å². The van der Waals surface area contributed by atoms with Gasteiger partial charge >= 0.3 is 0 Å². The second-order valence-corrected chi connectivity index (χ2v) is 16.7. The topological polar surface area (TPSA) is 184 Å². The molecule has 7 N–H and O–H groups in total. The van der Waals surface area contributed by atoms with Gasteiger partial charge in [0.1, 0.15) is 11.0 Å². The molecule has 1 aromatic carbocycles. The van der Waals surface area contributed by atoms with E-state index < -0.39 is 21.9 Å². The normalized spacial score (nSPS) is 21.8. The van der Waals surface area contributed by atoms with Crippen LogP contribution in [0.15, 0.2) is 41.3 Å². The van der Waals surface area contributed by atoms with Gasteiger partial charge in [-0.15, -0.1) is 0 Å². The predicted molar refractivity (Wildman–Crippen MR) is 202 cm³/mol. The average molecular weight is 782 g/mol. The Morgan fingerprint density at radius 3 is 2.17 bits per heavy atom. The highest BCUT2D eigenvalue weighted by atomic mass is 35.5. The highest BCUT2D eigenvalue weighted by Crippen LogP contribution is 2.45. The quantitative estimate of drug-likeness (QED) is 0.174. The molecular formula is C36H54ClF2N9O4S. The Hall–Kier alpha value is -2.99. The molecule has 2 amide bonds. The first-order valence-corrected chi connectivity index (χ1v) is 20.5. The summed E-state index contributed by atoms with van der Waals surface area (Å²) in [5.74, 6) is -3.98. The van der Waals surface area contributed by atoms with Crippen LogP contribution < -0.4 is 32.3 Å². The zero-order valence-electron chi connectivity index (χ0n) is 30.3. The maximum Gasteiger partial charge on any atom is 0.276 e. The van der Waals surface area contributed by atoms with Crippen molar-refractivity contribution in [3.05, 3.63) is 47.1 Å². The molecular weight excluding hydrogens is 728 g/mol. The van der Waals surface area contributed by atoms with E-state index in [2.05, 4.69) is 15.2 Å². The number of benzene rings is 1. The summed E-state index contributed by atoms with van der Waals surface area (Å²) in [6, 6.07) is 8.34. The van der Waals surface area contributed by atoms with Crippen LogP contribution in [-0.4, -0.2) is 112 Å². The Kier molecular flexibility index (Phi) is 14.4. The van der Waals surface area contributed by atoms with Crippen LogP contribution in [0.25, 0.3) is 0 Å². The van der Waals surface area contributed by atoms with Crippen LogP contribution in [-0.2, 0) is 25.5 Å².